The summed E-state index contributed by atoms with van der Waals surface area (Å²) in [5, 5.41) is 19.1. The van der Waals surface area contributed by atoms with E-state index in [2.05, 4.69) is 20.7 Å². The van der Waals surface area contributed by atoms with Crippen LogP contribution in [0.4, 0.5) is 0 Å². The minimum atomic E-state index is 0.706. The van der Waals surface area contributed by atoms with Crippen LogP contribution in [0.15, 0.2) is 17.5 Å². The molecule has 1 fully saturated rings. The van der Waals surface area contributed by atoms with Gasteiger partial charge in [-0.15, -0.1) is 26.3 Å². The molecule has 0 bridgehead atoms. The zero-order valence-electron chi connectivity index (χ0n) is 9.54. The van der Waals surface area contributed by atoms with Crippen molar-refractivity contribution in [2.24, 2.45) is 5.92 Å². The van der Waals surface area contributed by atoms with Gasteiger partial charge in [0.15, 0.2) is 5.82 Å². The summed E-state index contributed by atoms with van der Waals surface area (Å²) < 4.78 is 0. The molecular weight excluding hydrogens is 234 g/mol. The zero-order chi connectivity index (χ0) is 11.5. The Morgan fingerprint density at radius 1 is 1.41 bits per heavy atom. The number of hydrogen-bond acceptors (Lipinski definition) is 5. The first-order chi connectivity index (χ1) is 8.42. The van der Waals surface area contributed by atoms with Gasteiger partial charge in [0.1, 0.15) is 5.00 Å². The summed E-state index contributed by atoms with van der Waals surface area (Å²) in [6, 6.07) is 4.00. The molecule has 0 saturated carbocycles. The molecule has 1 N–H and O–H groups in total. The number of nitrogens with zero attached hydrogens (tertiary/aromatic N) is 4. The summed E-state index contributed by atoms with van der Waals surface area (Å²) in [5.41, 5.74) is 0. The van der Waals surface area contributed by atoms with E-state index in [1.54, 1.807) is 16.1 Å². The van der Waals surface area contributed by atoms with E-state index in [1.807, 2.05) is 17.5 Å². The average molecular weight is 249 g/mol. The Hall–Kier alpha value is -1.27. The molecule has 0 atom stereocenters. The molecule has 2 aromatic rings. The highest BCUT2D eigenvalue weighted by molar-refractivity contribution is 7.12. The molecule has 90 valence electrons. The van der Waals surface area contributed by atoms with Crippen LogP contribution in [-0.4, -0.2) is 33.3 Å². The third kappa shape index (κ3) is 2.53. The fraction of sp³-hybridized carbons (Fsp3) is 0.545. The van der Waals surface area contributed by atoms with Crippen LogP contribution in [0.3, 0.4) is 0 Å². The highest BCUT2D eigenvalue weighted by atomic mass is 32.1. The minimum absolute atomic E-state index is 0.706. The molecule has 1 aliphatic rings. The van der Waals surface area contributed by atoms with Crippen LogP contribution in [0.1, 0.15) is 18.7 Å². The van der Waals surface area contributed by atoms with Crippen molar-refractivity contribution in [1.82, 2.24) is 25.5 Å². The van der Waals surface area contributed by atoms with Gasteiger partial charge in [-0.2, -0.15) is 0 Å². The molecule has 2 aromatic heterocycles. The molecular formula is C11H15N5S. The zero-order valence-corrected chi connectivity index (χ0v) is 10.4. The van der Waals surface area contributed by atoms with Gasteiger partial charge in [0.05, 0.1) is 0 Å². The first-order valence-electron chi connectivity index (χ1n) is 5.95. The topological polar surface area (TPSA) is 55.6 Å². The maximum atomic E-state index is 4.43. The lowest BCUT2D eigenvalue weighted by Crippen LogP contribution is -2.28. The molecule has 0 amide bonds. The lowest BCUT2D eigenvalue weighted by Gasteiger charge is -2.20. The number of nitrogens with one attached hydrogen (secondary N) is 1. The van der Waals surface area contributed by atoms with Crippen molar-refractivity contribution >= 4 is 11.3 Å². The predicted octanol–water partition coefficient (Wildman–Crippen LogP) is 1.27. The first-order valence-corrected chi connectivity index (χ1v) is 6.83. The quantitative estimate of drug-likeness (QED) is 0.890. The van der Waals surface area contributed by atoms with E-state index in [9.17, 15) is 0 Å². The van der Waals surface area contributed by atoms with Crippen molar-refractivity contribution in [2.75, 3.05) is 13.1 Å². The van der Waals surface area contributed by atoms with Gasteiger partial charge in [0.2, 0.25) is 0 Å². The third-order valence-electron chi connectivity index (χ3n) is 3.09. The normalized spacial score (nSPS) is 17.4. The molecule has 0 unspecified atom stereocenters. The summed E-state index contributed by atoms with van der Waals surface area (Å²) in [6.45, 7) is 2.23. The van der Waals surface area contributed by atoms with Gasteiger partial charge in [0.25, 0.3) is 0 Å². The molecule has 5 nitrogen and oxygen atoms in total. The summed E-state index contributed by atoms with van der Waals surface area (Å²) in [5.74, 6) is 1.57. The Morgan fingerprint density at radius 3 is 3.06 bits per heavy atom. The van der Waals surface area contributed by atoms with Gasteiger partial charge in [-0.25, -0.2) is 0 Å². The molecule has 0 aromatic carbocycles. The van der Waals surface area contributed by atoms with Crippen LogP contribution in [-0.2, 0) is 6.42 Å². The van der Waals surface area contributed by atoms with Crippen LogP contribution >= 0.6 is 11.3 Å². The Bertz CT molecular complexity index is 458. The maximum absolute atomic E-state index is 4.43. The number of thiophene rings is 1. The van der Waals surface area contributed by atoms with E-state index in [1.165, 1.54) is 12.8 Å². The van der Waals surface area contributed by atoms with Gasteiger partial charge < -0.3 is 5.32 Å². The van der Waals surface area contributed by atoms with Crippen LogP contribution < -0.4 is 5.32 Å². The highest BCUT2D eigenvalue weighted by Gasteiger charge is 2.16. The molecule has 0 aliphatic carbocycles. The van der Waals surface area contributed by atoms with E-state index < -0.39 is 0 Å². The lowest BCUT2D eigenvalue weighted by molar-refractivity contribution is 0.367. The van der Waals surface area contributed by atoms with E-state index in [0.29, 0.717) is 5.92 Å². The van der Waals surface area contributed by atoms with Gasteiger partial charge in [-0.3, -0.25) is 0 Å². The fourth-order valence-corrected chi connectivity index (χ4v) is 2.77. The van der Waals surface area contributed by atoms with Crippen LogP contribution in [0.5, 0.6) is 0 Å². The van der Waals surface area contributed by atoms with Crippen molar-refractivity contribution in [1.29, 1.82) is 0 Å². The molecule has 17 heavy (non-hydrogen) atoms. The summed E-state index contributed by atoms with van der Waals surface area (Å²) >= 11 is 1.62. The summed E-state index contributed by atoms with van der Waals surface area (Å²) in [4.78, 5) is 1.63. The number of piperidine rings is 1. The number of rotatable bonds is 3. The SMILES string of the molecule is c1csc(-n2nnc(CC3CCNCC3)n2)c1. The Balaban J connectivity index is 1.68. The van der Waals surface area contributed by atoms with Crippen LogP contribution in [0.25, 0.3) is 5.00 Å². The van der Waals surface area contributed by atoms with Crippen molar-refractivity contribution in [3.63, 3.8) is 0 Å². The molecule has 0 radical (unpaired) electrons. The Morgan fingerprint density at radius 2 is 2.29 bits per heavy atom. The largest absolute Gasteiger partial charge is 0.317 e. The molecule has 0 spiro atoms. The summed E-state index contributed by atoms with van der Waals surface area (Å²) in [7, 11) is 0. The van der Waals surface area contributed by atoms with E-state index >= 15 is 0 Å². The Labute approximate surface area is 104 Å². The van der Waals surface area contributed by atoms with Crippen molar-refractivity contribution in [3.05, 3.63) is 23.3 Å². The van der Waals surface area contributed by atoms with Crippen molar-refractivity contribution in [3.8, 4) is 5.00 Å². The molecule has 3 heterocycles. The molecule has 6 heteroatoms. The van der Waals surface area contributed by atoms with Crippen molar-refractivity contribution in [2.45, 2.75) is 19.3 Å². The minimum Gasteiger partial charge on any atom is -0.317 e. The smallest absolute Gasteiger partial charge is 0.175 e. The highest BCUT2D eigenvalue weighted by Crippen LogP contribution is 2.16. The van der Waals surface area contributed by atoms with Crippen molar-refractivity contribution < 1.29 is 0 Å². The molecule has 3 rings (SSSR count). The standard InChI is InChI=1S/C11H15N5S/c1-2-11(17-7-1)16-14-10(13-15-16)8-9-3-5-12-6-4-9/h1-2,7,9,12H,3-6,8H2. The maximum Gasteiger partial charge on any atom is 0.175 e. The second kappa shape index (κ2) is 4.93. The third-order valence-corrected chi connectivity index (χ3v) is 3.92. The first kappa shape index (κ1) is 10.9. The van der Waals surface area contributed by atoms with Crippen LogP contribution in [0, 0.1) is 5.92 Å². The Kier molecular flexibility index (Phi) is 3.15. The van der Waals surface area contributed by atoms with E-state index in [4.69, 9.17) is 0 Å². The van der Waals surface area contributed by atoms with Crippen LogP contribution in [0.2, 0.25) is 0 Å². The van der Waals surface area contributed by atoms with Gasteiger partial charge in [-0.1, -0.05) is 0 Å². The predicted molar refractivity (Wildman–Crippen MR) is 66.3 cm³/mol. The van der Waals surface area contributed by atoms with Gasteiger partial charge >= 0.3 is 0 Å². The number of hydrogen-bond donors (Lipinski definition) is 1. The molecule has 1 saturated heterocycles. The summed E-state index contributed by atoms with van der Waals surface area (Å²) in [6.07, 6.45) is 3.38. The number of tetrazole rings is 1. The second-order valence-electron chi connectivity index (χ2n) is 4.34. The second-order valence-corrected chi connectivity index (χ2v) is 5.27. The average Bonchev–Trinajstić information content (AvgIpc) is 3.00. The van der Waals surface area contributed by atoms with E-state index in [-0.39, 0.29) is 0 Å². The van der Waals surface area contributed by atoms with Gasteiger partial charge in [0, 0.05) is 6.42 Å². The lowest BCUT2D eigenvalue weighted by atomic mass is 9.94. The monoisotopic (exact) mass is 249 g/mol. The number of aromatic nitrogens is 4. The van der Waals surface area contributed by atoms with E-state index in [0.717, 1.165) is 30.3 Å². The van der Waals surface area contributed by atoms with Gasteiger partial charge in [-0.05, 0) is 54.6 Å². The fourth-order valence-electron chi connectivity index (χ4n) is 2.15. The molecule has 1 aliphatic heterocycles.